The smallest absolute Gasteiger partial charge is 0.164 e. The minimum absolute atomic E-state index is 0. The maximum Gasteiger partial charge on any atom is 0.164 e. The standard InChI is InChI=1S/C32H32NOS.C15H28O2.Ir/c1-18(2)13-27-19(3)24-17-29-25(16-28(24)34-27)23-11-12-33-30(31(23)35-29)21-14-20-9-7-8-10-22(20)26(15-21)32(4,5)6;1-7-14(5,8-2)12(16)11-13(17)15(6,9-3)10-4;/h7-12,15-19,27H,13H2,1-6H3;11,16H,7-10H2,1-6H3;/q-1;;/b;12-11-;. The molecule has 0 saturated carbocycles. The Morgan fingerprint density at radius 1 is 0.925 bits per heavy atom. The van der Waals surface area contributed by atoms with Gasteiger partial charge in [0.15, 0.2) is 5.78 Å². The molecule has 2 unspecified atom stereocenters. The number of thiophene rings is 1. The van der Waals surface area contributed by atoms with Gasteiger partial charge < -0.3 is 9.84 Å². The Labute approximate surface area is 336 Å². The van der Waals surface area contributed by atoms with Crippen LogP contribution in [0.5, 0.6) is 5.75 Å². The molecule has 6 rings (SSSR count). The SMILES string of the molecule is CC(C)CC1Oc2cc3c(cc2C1C)sc1c(-c2[c-]c4ccccc4c(C(C)(C)C)c2)nccc13.CCC(C)(CC)C(=O)/C=C(\O)C(C)(CC)CC.[Ir]. The zero-order valence-corrected chi connectivity index (χ0v) is 37.2. The summed E-state index contributed by atoms with van der Waals surface area (Å²) in [6.07, 6.45) is 8.06. The molecule has 1 aliphatic rings. The van der Waals surface area contributed by atoms with Crippen LogP contribution in [0.2, 0.25) is 0 Å². The van der Waals surface area contributed by atoms with Crippen LogP contribution in [0, 0.1) is 22.8 Å². The predicted molar refractivity (Wildman–Crippen MR) is 223 cm³/mol. The third kappa shape index (κ3) is 8.61. The van der Waals surface area contributed by atoms with Gasteiger partial charge in [0, 0.05) is 75.2 Å². The molecule has 2 atom stereocenters. The van der Waals surface area contributed by atoms with Crippen LogP contribution in [0.4, 0.5) is 0 Å². The third-order valence-electron chi connectivity index (χ3n) is 12.0. The summed E-state index contributed by atoms with van der Waals surface area (Å²) in [5.74, 6) is 2.39. The molecule has 2 aromatic heterocycles. The van der Waals surface area contributed by atoms with Gasteiger partial charge in [-0.15, -0.1) is 40.5 Å². The maximum atomic E-state index is 12.2. The van der Waals surface area contributed by atoms with Crippen molar-refractivity contribution in [2.24, 2.45) is 16.7 Å². The van der Waals surface area contributed by atoms with Crippen LogP contribution in [0.25, 0.3) is 42.2 Å². The van der Waals surface area contributed by atoms with E-state index in [1.807, 2.05) is 59.1 Å². The fourth-order valence-corrected chi connectivity index (χ4v) is 8.47. The largest absolute Gasteiger partial charge is 0.512 e. The molecule has 287 valence electrons. The van der Waals surface area contributed by atoms with Gasteiger partial charge in [0.1, 0.15) is 17.6 Å². The minimum atomic E-state index is -0.337. The molecule has 5 aromatic rings. The van der Waals surface area contributed by atoms with E-state index in [9.17, 15) is 9.90 Å². The molecule has 3 aromatic carbocycles. The maximum absolute atomic E-state index is 12.2. The number of aliphatic hydroxyl groups is 1. The van der Waals surface area contributed by atoms with Crippen molar-refractivity contribution in [1.29, 1.82) is 0 Å². The second-order valence-corrected chi connectivity index (χ2v) is 18.0. The second kappa shape index (κ2) is 16.8. The van der Waals surface area contributed by atoms with Crippen molar-refractivity contribution in [2.75, 3.05) is 0 Å². The summed E-state index contributed by atoms with van der Waals surface area (Å²) in [5.41, 5.74) is 4.19. The summed E-state index contributed by atoms with van der Waals surface area (Å²) in [5, 5.41) is 15.1. The van der Waals surface area contributed by atoms with Gasteiger partial charge in [-0.05, 0) is 67.0 Å². The number of benzene rings is 3. The normalized spacial score (nSPS) is 16.4. The molecule has 0 saturated heterocycles. The fraction of sp³-hybridized carbons (Fsp3) is 0.489. The van der Waals surface area contributed by atoms with E-state index in [1.165, 1.54) is 42.8 Å². The minimum Gasteiger partial charge on any atom is -0.512 e. The van der Waals surface area contributed by atoms with Gasteiger partial charge >= 0.3 is 0 Å². The van der Waals surface area contributed by atoms with Crippen molar-refractivity contribution in [3.8, 4) is 17.0 Å². The first-order valence-corrected chi connectivity index (χ1v) is 20.2. The number of hydrogen-bond donors (Lipinski definition) is 1. The zero-order chi connectivity index (χ0) is 38.2. The number of ketones is 1. The van der Waals surface area contributed by atoms with Crippen molar-refractivity contribution in [3.63, 3.8) is 0 Å². The summed E-state index contributed by atoms with van der Waals surface area (Å²) in [6.45, 7) is 25.8. The van der Waals surface area contributed by atoms with E-state index in [2.05, 4.69) is 96.1 Å². The number of aromatic nitrogens is 1. The number of ether oxygens (including phenoxy) is 1. The quantitative estimate of drug-likeness (QED) is 0.0862. The van der Waals surface area contributed by atoms with Gasteiger partial charge in [0.2, 0.25) is 0 Å². The van der Waals surface area contributed by atoms with Crippen molar-refractivity contribution < 1.29 is 34.7 Å². The Hall–Kier alpha value is -3.05. The molecular weight excluding hydrogens is 851 g/mol. The van der Waals surface area contributed by atoms with Crippen LogP contribution in [0.3, 0.4) is 0 Å². The van der Waals surface area contributed by atoms with Gasteiger partial charge in [-0.25, -0.2) is 0 Å². The molecule has 0 spiro atoms. The first kappa shape index (κ1) is 42.7. The topological polar surface area (TPSA) is 59.4 Å². The average molecular weight is 911 g/mol. The molecule has 1 N–H and O–H groups in total. The van der Waals surface area contributed by atoms with Crippen LogP contribution in [0.15, 0.2) is 66.6 Å². The van der Waals surface area contributed by atoms with Gasteiger partial charge in [-0.2, -0.15) is 0 Å². The van der Waals surface area contributed by atoms with Crippen molar-refractivity contribution >= 4 is 48.1 Å². The van der Waals surface area contributed by atoms with Crippen LogP contribution in [0.1, 0.15) is 132 Å². The first-order chi connectivity index (χ1) is 24.5. The van der Waals surface area contributed by atoms with E-state index >= 15 is 0 Å². The molecule has 0 bridgehead atoms. The monoisotopic (exact) mass is 911 g/mol. The van der Waals surface area contributed by atoms with Crippen molar-refractivity contribution in [2.45, 2.75) is 133 Å². The molecule has 1 aliphatic heterocycles. The second-order valence-electron chi connectivity index (χ2n) is 16.9. The zero-order valence-electron chi connectivity index (χ0n) is 34.0. The first-order valence-electron chi connectivity index (χ1n) is 19.4. The Kier molecular flexibility index (Phi) is 13.5. The van der Waals surface area contributed by atoms with Crippen LogP contribution < -0.4 is 4.74 Å². The van der Waals surface area contributed by atoms with E-state index in [0.717, 1.165) is 54.5 Å². The fourth-order valence-electron chi connectivity index (χ4n) is 7.24. The number of hydrogen-bond acceptors (Lipinski definition) is 5. The van der Waals surface area contributed by atoms with E-state index in [0.29, 0.717) is 11.8 Å². The van der Waals surface area contributed by atoms with E-state index < -0.39 is 0 Å². The summed E-state index contributed by atoms with van der Waals surface area (Å²) in [6, 6.07) is 21.4. The van der Waals surface area contributed by atoms with E-state index in [-0.39, 0.29) is 54.0 Å². The van der Waals surface area contributed by atoms with Gasteiger partial charge in [0.25, 0.3) is 0 Å². The Morgan fingerprint density at radius 2 is 1.57 bits per heavy atom. The number of rotatable bonds is 10. The number of pyridine rings is 1. The number of fused-ring (bicyclic) bond motifs is 5. The summed E-state index contributed by atoms with van der Waals surface area (Å²) in [7, 11) is 0. The van der Waals surface area contributed by atoms with Gasteiger partial charge in [-0.3, -0.25) is 9.78 Å². The van der Waals surface area contributed by atoms with Gasteiger partial charge in [0.05, 0.1) is 0 Å². The molecule has 1 radical (unpaired) electrons. The number of aliphatic hydroxyl groups excluding tert-OH is 1. The molecule has 4 nitrogen and oxygen atoms in total. The number of carbonyl (C=O) groups excluding carboxylic acids is 1. The summed E-state index contributed by atoms with van der Waals surface area (Å²) >= 11 is 1.85. The van der Waals surface area contributed by atoms with Crippen LogP contribution in [-0.4, -0.2) is 22.0 Å². The van der Waals surface area contributed by atoms with Gasteiger partial charge in [-0.1, -0.05) is 112 Å². The number of carbonyl (C=O) groups is 1. The molecular formula is C47H60IrNO3S-. The Bertz CT molecular complexity index is 2090. The van der Waals surface area contributed by atoms with E-state index in [1.54, 1.807) is 0 Å². The van der Waals surface area contributed by atoms with E-state index in [4.69, 9.17) is 9.72 Å². The molecule has 53 heavy (non-hydrogen) atoms. The molecule has 6 heteroatoms. The third-order valence-corrected chi connectivity index (χ3v) is 13.2. The molecule has 0 fully saturated rings. The predicted octanol–water partition coefficient (Wildman–Crippen LogP) is 13.9. The van der Waals surface area contributed by atoms with Crippen molar-refractivity contribution in [1.82, 2.24) is 4.98 Å². The Morgan fingerprint density at radius 3 is 2.17 bits per heavy atom. The van der Waals surface area contributed by atoms with Crippen molar-refractivity contribution in [3.05, 3.63) is 83.8 Å². The number of allylic oxidation sites excluding steroid dienone is 2. The van der Waals surface area contributed by atoms with Crippen LogP contribution in [-0.2, 0) is 30.3 Å². The number of nitrogens with zero attached hydrogens (tertiary/aromatic N) is 1. The summed E-state index contributed by atoms with van der Waals surface area (Å²) < 4.78 is 8.99. The molecule has 0 amide bonds. The average Bonchev–Trinajstić information content (AvgIpc) is 3.64. The van der Waals surface area contributed by atoms with Crippen LogP contribution >= 0.6 is 11.3 Å². The molecule has 0 aliphatic carbocycles. The Balaban J connectivity index is 0.000000299. The summed E-state index contributed by atoms with van der Waals surface area (Å²) in [4.78, 5) is 17.1. The molecule has 3 heterocycles.